The molecule has 66 valence electrons. The van der Waals surface area contributed by atoms with Crippen LogP contribution in [0.3, 0.4) is 0 Å². The van der Waals surface area contributed by atoms with Crippen molar-refractivity contribution in [1.82, 2.24) is 4.90 Å². The van der Waals surface area contributed by atoms with Crippen LogP contribution in [0.4, 0.5) is 0 Å². The molecule has 1 unspecified atom stereocenters. The van der Waals surface area contributed by atoms with Gasteiger partial charge in [-0.2, -0.15) is 0 Å². The molecule has 1 aliphatic rings. The number of allylic oxidation sites excluding steroid dienone is 2. The monoisotopic (exact) mass is 232 g/mol. The fourth-order valence-corrected chi connectivity index (χ4v) is 1.67. The lowest BCUT2D eigenvalue weighted by molar-refractivity contribution is -0.430. The molecule has 1 aliphatic heterocycles. The largest absolute Gasteiger partial charge is 0.359 e. The number of rotatable bonds is 1. The Morgan fingerprint density at radius 1 is 1.75 bits per heavy atom. The van der Waals surface area contributed by atoms with Crippen molar-refractivity contribution in [2.24, 2.45) is 0 Å². The molecule has 1 atom stereocenters. The van der Waals surface area contributed by atoms with Gasteiger partial charge in [-0.25, -0.2) is 0 Å². The van der Waals surface area contributed by atoms with Gasteiger partial charge in [0.05, 0.1) is 4.92 Å². The van der Waals surface area contributed by atoms with Crippen molar-refractivity contribution in [3.63, 3.8) is 0 Å². The minimum Gasteiger partial charge on any atom is -0.359 e. The molecule has 0 aromatic rings. The molecule has 0 fully saturated rings. The van der Waals surface area contributed by atoms with Crippen LogP contribution in [0.5, 0.6) is 0 Å². The Hall–Kier alpha value is -0.840. The van der Waals surface area contributed by atoms with Crippen molar-refractivity contribution in [3.8, 4) is 0 Å². The van der Waals surface area contributed by atoms with Crippen LogP contribution in [0.1, 0.15) is 6.92 Å². The average molecular weight is 233 g/mol. The lowest BCUT2D eigenvalue weighted by Gasteiger charge is -2.22. The van der Waals surface area contributed by atoms with E-state index in [0.29, 0.717) is 5.57 Å². The number of nitro groups is 1. The molecule has 0 spiro atoms. The van der Waals surface area contributed by atoms with Crippen LogP contribution in [0, 0.1) is 10.1 Å². The maximum Gasteiger partial charge on any atom is 0.282 e. The number of likely N-dealkylation sites (N-methyl/N-ethyl adjacent to an activating group) is 1. The lowest BCUT2D eigenvalue weighted by atomic mass is 10.2. The summed E-state index contributed by atoms with van der Waals surface area (Å²) in [5, 5.41) is 10.6. The molecule has 0 aromatic heterocycles. The highest BCUT2D eigenvalue weighted by Gasteiger charge is 2.29. The summed E-state index contributed by atoms with van der Waals surface area (Å²) in [7, 11) is 1.78. The summed E-state index contributed by atoms with van der Waals surface area (Å²) in [4.78, 5) is 11.6. The van der Waals surface area contributed by atoms with E-state index in [4.69, 9.17) is 0 Å². The van der Waals surface area contributed by atoms with Crippen LogP contribution in [0.25, 0.3) is 0 Å². The predicted octanol–water partition coefficient (Wildman–Crippen LogP) is 1.72. The van der Waals surface area contributed by atoms with E-state index >= 15 is 0 Å². The summed E-state index contributed by atoms with van der Waals surface area (Å²) < 4.78 is 0. The Morgan fingerprint density at radius 3 is 2.75 bits per heavy atom. The summed E-state index contributed by atoms with van der Waals surface area (Å²) >= 11 is 3.24. The van der Waals surface area contributed by atoms with Crippen LogP contribution < -0.4 is 0 Å². The topological polar surface area (TPSA) is 46.4 Å². The first-order chi connectivity index (χ1) is 5.54. The van der Waals surface area contributed by atoms with Crippen LogP contribution in [0.15, 0.2) is 23.5 Å². The van der Waals surface area contributed by atoms with Crippen molar-refractivity contribution < 1.29 is 4.92 Å². The molecule has 0 saturated heterocycles. The summed E-state index contributed by atoms with van der Waals surface area (Å²) in [6.07, 6.45) is 3.54. The van der Waals surface area contributed by atoms with Crippen LogP contribution in [0.2, 0.25) is 0 Å². The van der Waals surface area contributed by atoms with E-state index in [9.17, 15) is 10.1 Å². The molecule has 0 radical (unpaired) electrons. The number of hydrogen-bond acceptors (Lipinski definition) is 3. The van der Waals surface area contributed by atoms with E-state index in [1.165, 1.54) is 0 Å². The van der Waals surface area contributed by atoms with Gasteiger partial charge in [-0.1, -0.05) is 15.9 Å². The first-order valence-electron chi connectivity index (χ1n) is 3.43. The Morgan fingerprint density at radius 2 is 2.33 bits per heavy atom. The molecule has 1 rings (SSSR count). The van der Waals surface area contributed by atoms with Crippen LogP contribution in [-0.2, 0) is 0 Å². The van der Waals surface area contributed by atoms with E-state index in [0.717, 1.165) is 0 Å². The van der Waals surface area contributed by atoms with Gasteiger partial charge in [-0.3, -0.25) is 10.1 Å². The van der Waals surface area contributed by atoms with Crippen molar-refractivity contribution in [1.29, 1.82) is 0 Å². The lowest BCUT2D eigenvalue weighted by Crippen LogP contribution is -2.29. The van der Waals surface area contributed by atoms with E-state index in [2.05, 4.69) is 15.9 Å². The number of alkyl halides is 1. The van der Waals surface area contributed by atoms with Gasteiger partial charge in [0.2, 0.25) is 0 Å². The van der Waals surface area contributed by atoms with E-state index in [1.807, 2.05) is 6.20 Å². The third-order valence-corrected chi connectivity index (χ3v) is 2.82. The Kier molecular flexibility index (Phi) is 2.52. The van der Waals surface area contributed by atoms with Gasteiger partial charge in [0, 0.05) is 18.8 Å². The molecule has 5 heteroatoms. The second-order valence-electron chi connectivity index (χ2n) is 2.64. The highest BCUT2D eigenvalue weighted by Crippen LogP contribution is 2.24. The van der Waals surface area contributed by atoms with E-state index < -0.39 is 0 Å². The number of halogens is 1. The summed E-state index contributed by atoms with van der Waals surface area (Å²) in [6, 6.07) is 0. The van der Waals surface area contributed by atoms with E-state index in [1.54, 1.807) is 24.9 Å². The molecule has 1 heterocycles. The number of hydrogen-bond donors (Lipinski definition) is 0. The molecule has 12 heavy (non-hydrogen) atoms. The van der Waals surface area contributed by atoms with E-state index in [-0.39, 0.29) is 15.6 Å². The van der Waals surface area contributed by atoms with Crippen LogP contribution in [-0.4, -0.2) is 21.8 Å². The van der Waals surface area contributed by atoms with Gasteiger partial charge in [0.1, 0.15) is 0 Å². The van der Waals surface area contributed by atoms with Crippen molar-refractivity contribution in [3.05, 3.63) is 33.7 Å². The zero-order valence-electron chi connectivity index (χ0n) is 6.82. The summed E-state index contributed by atoms with van der Waals surface area (Å²) in [6.45, 7) is 1.73. The van der Waals surface area contributed by atoms with Gasteiger partial charge >= 0.3 is 0 Å². The van der Waals surface area contributed by atoms with Crippen molar-refractivity contribution >= 4 is 15.9 Å². The zero-order chi connectivity index (χ0) is 9.30. The second-order valence-corrected chi connectivity index (χ2v) is 3.51. The molecule has 0 aromatic carbocycles. The minimum absolute atomic E-state index is 0.208. The SMILES string of the molecule is CC1=C([N+](=O)[O-])C(Br)N(C)C=C1. The van der Waals surface area contributed by atoms with Gasteiger partial charge in [0.15, 0.2) is 4.95 Å². The third kappa shape index (κ3) is 1.50. The first-order valence-corrected chi connectivity index (χ1v) is 4.35. The molecule has 4 nitrogen and oxygen atoms in total. The Labute approximate surface area is 78.8 Å². The maximum atomic E-state index is 10.6. The highest BCUT2D eigenvalue weighted by atomic mass is 79.9. The number of nitrogens with zero attached hydrogens (tertiary/aromatic N) is 2. The summed E-state index contributed by atoms with van der Waals surface area (Å²) in [5.74, 6) is 0. The molecule has 0 N–H and O–H groups in total. The quantitative estimate of drug-likeness (QED) is 0.300. The molecular formula is C7H9BrN2O2. The zero-order valence-corrected chi connectivity index (χ0v) is 8.41. The second kappa shape index (κ2) is 3.26. The molecule has 0 bridgehead atoms. The molecule has 0 saturated carbocycles. The van der Waals surface area contributed by atoms with Crippen LogP contribution >= 0.6 is 15.9 Å². The molecule has 0 aliphatic carbocycles. The third-order valence-electron chi connectivity index (χ3n) is 1.74. The smallest absolute Gasteiger partial charge is 0.282 e. The Bertz CT molecular complexity index is 273. The maximum absolute atomic E-state index is 10.6. The Balaban J connectivity index is 3.05. The highest BCUT2D eigenvalue weighted by molar-refractivity contribution is 9.09. The van der Waals surface area contributed by atoms with Gasteiger partial charge in [-0.15, -0.1) is 0 Å². The standard InChI is InChI=1S/C7H9BrN2O2/c1-5-3-4-9(2)7(8)6(5)10(11)12/h3-4,7H,1-2H3. The van der Waals surface area contributed by atoms with Gasteiger partial charge < -0.3 is 4.90 Å². The van der Waals surface area contributed by atoms with Crippen molar-refractivity contribution in [2.45, 2.75) is 11.9 Å². The molecule has 0 amide bonds. The minimum atomic E-state index is -0.352. The predicted molar refractivity (Wildman–Crippen MR) is 49.3 cm³/mol. The fourth-order valence-electron chi connectivity index (χ4n) is 1.00. The van der Waals surface area contributed by atoms with Gasteiger partial charge in [-0.05, 0) is 13.0 Å². The van der Waals surface area contributed by atoms with Crippen molar-refractivity contribution in [2.75, 3.05) is 7.05 Å². The molecular weight excluding hydrogens is 224 g/mol. The van der Waals surface area contributed by atoms with Gasteiger partial charge in [0.25, 0.3) is 5.70 Å². The average Bonchev–Trinajstić information content (AvgIpc) is 1.97. The normalized spacial score (nSPS) is 23.2. The fraction of sp³-hybridized carbons (Fsp3) is 0.429. The first kappa shape index (κ1) is 9.25. The summed E-state index contributed by atoms with van der Waals surface area (Å²) in [5.41, 5.74) is 0.903.